The van der Waals surface area contributed by atoms with E-state index in [0.29, 0.717) is 31.0 Å². The van der Waals surface area contributed by atoms with Crippen LogP contribution in [0.2, 0.25) is 0 Å². The number of carbonyl (C=O) groups excluding carboxylic acids is 1. The number of nitrogens with zero attached hydrogens (tertiary/aromatic N) is 2. The molecule has 0 N–H and O–H groups in total. The molecule has 0 aliphatic carbocycles. The molecule has 1 aromatic carbocycles. The van der Waals surface area contributed by atoms with Gasteiger partial charge in [-0.3, -0.25) is 0 Å². The fraction of sp³-hybridized carbons (Fsp3) is 0.611. The third kappa shape index (κ3) is 4.95. The lowest BCUT2D eigenvalue weighted by molar-refractivity contribution is 0.0260. The summed E-state index contributed by atoms with van der Waals surface area (Å²) in [5.41, 5.74) is 1.45. The van der Waals surface area contributed by atoms with E-state index in [1.165, 1.54) is 4.31 Å². The van der Waals surface area contributed by atoms with Crippen molar-refractivity contribution in [3.63, 3.8) is 0 Å². The summed E-state index contributed by atoms with van der Waals surface area (Å²) in [5.74, 6) is 0. The molecule has 7 heteroatoms. The second-order valence-corrected chi connectivity index (χ2v) is 9.41. The van der Waals surface area contributed by atoms with Crippen LogP contribution in [0.15, 0.2) is 23.1 Å². The summed E-state index contributed by atoms with van der Waals surface area (Å²) < 4.78 is 32.6. The molecule has 1 aliphatic rings. The number of ether oxygens (including phenoxy) is 1. The highest BCUT2D eigenvalue weighted by atomic mass is 32.2. The molecular weight excluding hydrogens is 340 g/mol. The minimum absolute atomic E-state index is 0.272. The third-order valence-corrected chi connectivity index (χ3v) is 6.12. The lowest BCUT2D eigenvalue weighted by Crippen LogP contribution is -2.40. The van der Waals surface area contributed by atoms with Gasteiger partial charge in [0.25, 0.3) is 0 Å². The Labute approximate surface area is 150 Å². The Bertz CT molecular complexity index is 738. The molecule has 140 valence electrons. The molecule has 0 spiro atoms. The zero-order chi connectivity index (χ0) is 18.8. The van der Waals surface area contributed by atoms with Gasteiger partial charge in [0.05, 0.1) is 4.90 Å². The average molecular weight is 368 g/mol. The lowest BCUT2D eigenvalue weighted by Gasteiger charge is -2.26. The molecule has 0 unspecified atom stereocenters. The molecule has 0 bridgehead atoms. The van der Waals surface area contributed by atoms with E-state index in [1.807, 2.05) is 40.7 Å². The first-order chi connectivity index (χ1) is 11.5. The SMILES string of the molecule is Cc1ccc(S(=O)(=O)N2CCCN(C(=O)OC(C)(C)C)CC2)cc1C. The highest BCUT2D eigenvalue weighted by molar-refractivity contribution is 7.89. The Morgan fingerprint density at radius 3 is 2.32 bits per heavy atom. The van der Waals surface area contributed by atoms with Crippen molar-refractivity contribution in [1.29, 1.82) is 0 Å². The van der Waals surface area contributed by atoms with Crippen LogP contribution in [0.3, 0.4) is 0 Å². The van der Waals surface area contributed by atoms with Crippen LogP contribution in [-0.4, -0.2) is 55.5 Å². The van der Waals surface area contributed by atoms with Crippen molar-refractivity contribution in [2.75, 3.05) is 26.2 Å². The molecule has 0 radical (unpaired) electrons. The molecule has 0 aromatic heterocycles. The van der Waals surface area contributed by atoms with E-state index in [0.717, 1.165) is 11.1 Å². The highest BCUT2D eigenvalue weighted by Crippen LogP contribution is 2.21. The van der Waals surface area contributed by atoms with Gasteiger partial charge in [0, 0.05) is 26.2 Å². The second kappa shape index (κ2) is 7.33. The first kappa shape index (κ1) is 19.7. The van der Waals surface area contributed by atoms with E-state index in [9.17, 15) is 13.2 Å². The molecular formula is C18H28N2O4S. The van der Waals surface area contributed by atoms with Gasteiger partial charge >= 0.3 is 6.09 Å². The molecule has 2 rings (SSSR count). The van der Waals surface area contributed by atoms with Crippen molar-refractivity contribution in [3.8, 4) is 0 Å². The van der Waals surface area contributed by atoms with E-state index in [4.69, 9.17) is 4.74 Å². The monoisotopic (exact) mass is 368 g/mol. The van der Waals surface area contributed by atoms with Crippen molar-refractivity contribution in [2.45, 2.75) is 51.5 Å². The predicted molar refractivity (Wildman–Crippen MR) is 97.1 cm³/mol. The van der Waals surface area contributed by atoms with E-state index >= 15 is 0 Å². The van der Waals surface area contributed by atoms with Crippen LogP contribution in [0.1, 0.15) is 38.3 Å². The molecule has 0 atom stereocenters. The normalized spacial score (nSPS) is 17.2. The van der Waals surface area contributed by atoms with E-state index < -0.39 is 21.7 Å². The van der Waals surface area contributed by atoms with Gasteiger partial charge in [0.2, 0.25) is 10.0 Å². The van der Waals surface area contributed by atoms with E-state index in [-0.39, 0.29) is 6.54 Å². The van der Waals surface area contributed by atoms with Crippen molar-refractivity contribution in [2.24, 2.45) is 0 Å². The molecule has 1 aromatic rings. The summed E-state index contributed by atoms with van der Waals surface area (Å²) in [6, 6.07) is 5.18. The average Bonchev–Trinajstić information content (AvgIpc) is 2.74. The van der Waals surface area contributed by atoms with Crippen molar-refractivity contribution < 1.29 is 17.9 Å². The van der Waals surface area contributed by atoms with Gasteiger partial charge < -0.3 is 9.64 Å². The zero-order valence-electron chi connectivity index (χ0n) is 15.7. The zero-order valence-corrected chi connectivity index (χ0v) is 16.5. The molecule has 1 fully saturated rings. The van der Waals surface area contributed by atoms with Gasteiger partial charge in [-0.15, -0.1) is 0 Å². The van der Waals surface area contributed by atoms with Crippen molar-refractivity contribution in [3.05, 3.63) is 29.3 Å². The first-order valence-electron chi connectivity index (χ1n) is 8.56. The van der Waals surface area contributed by atoms with Gasteiger partial charge in [-0.1, -0.05) is 6.07 Å². The Balaban J connectivity index is 2.11. The van der Waals surface area contributed by atoms with Gasteiger partial charge in [-0.2, -0.15) is 4.31 Å². The van der Waals surface area contributed by atoms with Crippen LogP contribution in [0, 0.1) is 13.8 Å². The van der Waals surface area contributed by atoms with E-state index in [1.54, 1.807) is 17.0 Å². The minimum atomic E-state index is -3.55. The van der Waals surface area contributed by atoms with Crippen LogP contribution < -0.4 is 0 Å². The largest absolute Gasteiger partial charge is 0.444 e. The van der Waals surface area contributed by atoms with Gasteiger partial charge in [-0.05, 0) is 64.3 Å². The number of rotatable bonds is 2. The van der Waals surface area contributed by atoms with Gasteiger partial charge in [0.1, 0.15) is 5.60 Å². The van der Waals surface area contributed by atoms with Gasteiger partial charge in [0.15, 0.2) is 0 Å². The molecule has 6 nitrogen and oxygen atoms in total. The standard InChI is InChI=1S/C18H28N2O4S/c1-14-7-8-16(13-15(14)2)25(22,23)20-10-6-9-19(11-12-20)17(21)24-18(3,4)5/h7-8,13H,6,9-12H2,1-5H3. The number of amides is 1. The maximum atomic E-state index is 12.9. The number of hydrogen-bond donors (Lipinski definition) is 0. The quantitative estimate of drug-likeness (QED) is 0.805. The maximum absolute atomic E-state index is 12.9. The topological polar surface area (TPSA) is 66.9 Å². The molecule has 1 amide bonds. The number of benzene rings is 1. The fourth-order valence-corrected chi connectivity index (χ4v) is 4.22. The van der Waals surface area contributed by atoms with Gasteiger partial charge in [-0.25, -0.2) is 13.2 Å². The second-order valence-electron chi connectivity index (χ2n) is 7.47. The summed E-state index contributed by atoms with van der Waals surface area (Å²) >= 11 is 0. The fourth-order valence-electron chi connectivity index (χ4n) is 2.67. The number of sulfonamides is 1. The Hall–Kier alpha value is -1.60. The van der Waals surface area contributed by atoms with Crippen LogP contribution in [0.25, 0.3) is 0 Å². The Morgan fingerprint density at radius 2 is 1.72 bits per heavy atom. The summed E-state index contributed by atoms with van der Waals surface area (Å²) in [5, 5.41) is 0. The molecule has 1 aliphatic heterocycles. The maximum Gasteiger partial charge on any atom is 0.410 e. The summed E-state index contributed by atoms with van der Waals surface area (Å²) in [4.78, 5) is 14.1. The number of hydrogen-bond acceptors (Lipinski definition) is 4. The van der Waals surface area contributed by atoms with Crippen LogP contribution in [0.5, 0.6) is 0 Å². The summed E-state index contributed by atoms with van der Waals surface area (Å²) in [7, 11) is -3.55. The van der Waals surface area contributed by atoms with Crippen molar-refractivity contribution >= 4 is 16.1 Å². The molecule has 1 heterocycles. The molecule has 1 saturated heterocycles. The third-order valence-electron chi connectivity index (χ3n) is 4.22. The van der Waals surface area contributed by atoms with Crippen LogP contribution in [-0.2, 0) is 14.8 Å². The van der Waals surface area contributed by atoms with E-state index in [2.05, 4.69) is 0 Å². The smallest absolute Gasteiger partial charge is 0.410 e. The number of carbonyl (C=O) groups is 1. The Kier molecular flexibility index (Phi) is 5.79. The predicted octanol–water partition coefficient (Wildman–Crippen LogP) is 2.93. The van der Waals surface area contributed by atoms with Crippen molar-refractivity contribution in [1.82, 2.24) is 9.21 Å². The minimum Gasteiger partial charge on any atom is -0.444 e. The summed E-state index contributed by atoms with van der Waals surface area (Å²) in [6.45, 7) is 10.8. The first-order valence-corrected chi connectivity index (χ1v) is 10.00. The lowest BCUT2D eigenvalue weighted by atomic mass is 10.1. The molecule has 0 saturated carbocycles. The summed E-state index contributed by atoms with van der Waals surface area (Å²) in [6.07, 6.45) is 0.196. The van der Waals surface area contributed by atoms with Crippen LogP contribution in [0.4, 0.5) is 4.79 Å². The number of aryl methyl sites for hydroxylation is 2. The Morgan fingerprint density at radius 1 is 1.04 bits per heavy atom. The van der Waals surface area contributed by atoms with Crippen LogP contribution >= 0.6 is 0 Å². The highest BCUT2D eigenvalue weighted by Gasteiger charge is 2.30. The molecule has 25 heavy (non-hydrogen) atoms.